The Morgan fingerprint density at radius 1 is 1.18 bits per heavy atom. The standard InChI is InChI=1S/C12H12N2O3/c13-12-14-9(6-15-12)3-1-8-2-4-10-11(5-8)17-7-16-10/h2,4-6H,1,3,7H2,(H2,13,14). The number of hydrogen-bond acceptors (Lipinski definition) is 5. The van der Waals surface area contributed by atoms with Gasteiger partial charge in [0.15, 0.2) is 11.5 Å². The number of hydrogen-bond donors (Lipinski definition) is 1. The number of nitrogens with two attached hydrogens (primary N) is 1. The molecular weight excluding hydrogens is 220 g/mol. The van der Waals surface area contributed by atoms with E-state index in [9.17, 15) is 0 Å². The summed E-state index contributed by atoms with van der Waals surface area (Å²) in [7, 11) is 0. The zero-order chi connectivity index (χ0) is 11.7. The van der Waals surface area contributed by atoms with Gasteiger partial charge in [-0.3, -0.25) is 0 Å². The molecule has 0 spiro atoms. The highest BCUT2D eigenvalue weighted by Crippen LogP contribution is 2.32. The Morgan fingerprint density at radius 2 is 2.06 bits per heavy atom. The van der Waals surface area contributed by atoms with Crippen molar-refractivity contribution in [1.29, 1.82) is 0 Å². The first kappa shape index (κ1) is 10.0. The molecule has 0 radical (unpaired) electrons. The normalized spacial score (nSPS) is 12.9. The van der Waals surface area contributed by atoms with E-state index in [1.54, 1.807) is 6.26 Å². The summed E-state index contributed by atoms with van der Waals surface area (Å²) in [6.07, 6.45) is 3.24. The van der Waals surface area contributed by atoms with E-state index in [1.165, 1.54) is 5.56 Å². The van der Waals surface area contributed by atoms with E-state index in [4.69, 9.17) is 19.6 Å². The van der Waals surface area contributed by atoms with Crippen molar-refractivity contribution in [3.05, 3.63) is 35.7 Å². The van der Waals surface area contributed by atoms with Crippen molar-refractivity contribution in [3.63, 3.8) is 0 Å². The van der Waals surface area contributed by atoms with Crippen LogP contribution < -0.4 is 15.2 Å². The summed E-state index contributed by atoms with van der Waals surface area (Å²) in [4.78, 5) is 4.05. The van der Waals surface area contributed by atoms with Crippen molar-refractivity contribution in [2.75, 3.05) is 12.5 Å². The van der Waals surface area contributed by atoms with Crippen LogP contribution in [-0.4, -0.2) is 11.8 Å². The van der Waals surface area contributed by atoms with E-state index in [0.717, 1.165) is 30.0 Å². The van der Waals surface area contributed by atoms with E-state index < -0.39 is 0 Å². The number of aryl methyl sites for hydroxylation is 2. The van der Waals surface area contributed by atoms with Crippen LogP contribution in [0.3, 0.4) is 0 Å². The first-order chi connectivity index (χ1) is 8.31. The lowest BCUT2D eigenvalue weighted by Crippen LogP contribution is -1.93. The minimum absolute atomic E-state index is 0.214. The number of ether oxygens (including phenoxy) is 2. The Morgan fingerprint density at radius 3 is 2.88 bits per heavy atom. The Bertz CT molecular complexity index is 536. The van der Waals surface area contributed by atoms with E-state index in [0.29, 0.717) is 6.79 Å². The highest BCUT2D eigenvalue weighted by atomic mass is 16.7. The lowest BCUT2D eigenvalue weighted by molar-refractivity contribution is 0.174. The molecule has 0 fully saturated rings. The monoisotopic (exact) mass is 232 g/mol. The first-order valence-corrected chi connectivity index (χ1v) is 5.40. The second-order valence-corrected chi connectivity index (χ2v) is 3.86. The molecule has 0 amide bonds. The predicted octanol–water partition coefficient (Wildman–Crippen LogP) is 1.77. The fourth-order valence-electron chi connectivity index (χ4n) is 1.81. The van der Waals surface area contributed by atoms with Crippen LogP contribution in [0.25, 0.3) is 0 Å². The van der Waals surface area contributed by atoms with Crippen molar-refractivity contribution in [3.8, 4) is 11.5 Å². The summed E-state index contributed by atoms with van der Waals surface area (Å²) in [6.45, 7) is 0.304. The highest BCUT2D eigenvalue weighted by molar-refractivity contribution is 5.44. The minimum Gasteiger partial charge on any atom is -0.454 e. The Labute approximate surface area is 98.2 Å². The van der Waals surface area contributed by atoms with E-state index >= 15 is 0 Å². The van der Waals surface area contributed by atoms with Gasteiger partial charge in [-0.15, -0.1) is 0 Å². The molecule has 2 N–H and O–H groups in total. The molecule has 0 atom stereocenters. The average Bonchev–Trinajstić information content (AvgIpc) is 2.94. The van der Waals surface area contributed by atoms with Crippen LogP contribution >= 0.6 is 0 Å². The van der Waals surface area contributed by atoms with Gasteiger partial charge in [0.25, 0.3) is 6.01 Å². The first-order valence-electron chi connectivity index (χ1n) is 5.40. The van der Waals surface area contributed by atoms with Crippen molar-refractivity contribution < 1.29 is 13.9 Å². The number of benzene rings is 1. The average molecular weight is 232 g/mol. The van der Waals surface area contributed by atoms with Gasteiger partial charge in [0.2, 0.25) is 6.79 Å². The smallest absolute Gasteiger partial charge is 0.292 e. The van der Waals surface area contributed by atoms with Crippen LogP contribution in [0, 0.1) is 0 Å². The third kappa shape index (κ3) is 2.04. The molecular formula is C12H12N2O3. The van der Waals surface area contributed by atoms with Crippen molar-refractivity contribution in [2.45, 2.75) is 12.8 Å². The largest absolute Gasteiger partial charge is 0.454 e. The molecule has 0 bridgehead atoms. The van der Waals surface area contributed by atoms with Gasteiger partial charge in [-0.1, -0.05) is 6.07 Å². The van der Waals surface area contributed by atoms with Gasteiger partial charge in [-0.05, 0) is 30.5 Å². The van der Waals surface area contributed by atoms with E-state index in [2.05, 4.69) is 4.98 Å². The van der Waals surface area contributed by atoms with Gasteiger partial charge < -0.3 is 19.6 Å². The topological polar surface area (TPSA) is 70.5 Å². The molecule has 2 heterocycles. The molecule has 3 rings (SSSR count). The van der Waals surface area contributed by atoms with Crippen molar-refractivity contribution in [1.82, 2.24) is 4.98 Å². The number of aromatic nitrogens is 1. The van der Waals surface area contributed by atoms with Crippen LogP contribution in [0.1, 0.15) is 11.3 Å². The number of nitrogens with zero attached hydrogens (tertiary/aromatic N) is 1. The molecule has 88 valence electrons. The zero-order valence-corrected chi connectivity index (χ0v) is 9.18. The van der Waals surface area contributed by atoms with Gasteiger partial charge in [0.05, 0.1) is 5.69 Å². The van der Waals surface area contributed by atoms with Crippen molar-refractivity contribution >= 4 is 6.01 Å². The minimum atomic E-state index is 0.214. The lowest BCUT2D eigenvalue weighted by Gasteiger charge is -2.01. The highest BCUT2D eigenvalue weighted by Gasteiger charge is 2.13. The number of oxazole rings is 1. The molecule has 0 saturated heterocycles. The molecule has 5 heteroatoms. The van der Waals surface area contributed by atoms with Crippen LogP contribution in [0.2, 0.25) is 0 Å². The summed E-state index contributed by atoms with van der Waals surface area (Å²) in [6, 6.07) is 6.16. The molecule has 0 unspecified atom stereocenters. The molecule has 0 aliphatic carbocycles. The molecule has 2 aromatic rings. The Balaban J connectivity index is 1.69. The Hall–Kier alpha value is -2.17. The van der Waals surface area contributed by atoms with Crippen LogP contribution in [0.4, 0.5) is 6.01 Å². The van der Waals surface area contributed by atoms with E-state index in [1.807, 2.05) is 18.2 Å². The molecule has 1 aliphatic heterocycles. The molecule has 1 aliphatic rings. The summed E-state index contributed by atoms with van der Waals surface area (Å²) in [5.41, 5.74) is 7.44. The second-order valence-electron chi connectivity index (χ2n) is 3.86. The van der Waals surface area contributed by atoms with Gasteiger partial charge in [0.1, 0.15) is 6.26 Å². The van der Waals surface area contributed by atoms with Gasteiger partial charge >= 0.3 is 0 Å². The summed E-state index contributed by atoms with van der Waals surface area (Å²) in [5, 5.41) is 0. The fourth-order valence-corrected chi connectivity index (χ4v) is 1.81. The van der Waals surface area contributed by atoms with Crippen LogP contribution in [0.5, 0.6) is 11.5 Å². The SMILES string of the molecule is Nc1nc(CCc2ccc3c(c2)OCO3)co1. The second kappa shape index (κ2) is 4.01. The third-order valence-corrected chi connectivity index (χ3v) is 2.68. The summed E-state index contributed by atoms with van der Waals surface area (Å²) >= 11 is 0. The molecule has 5 nitrogen and oxygen atoms in total. The fraction of sp³-hybridized carbons (Fsp3) is 0.250. The predicted molar refractivity (Wildman–Crippen MR) is 60.9 cm³/mol. The van der Waals surface area contributed by atoms with Gasteiger partial charge in [0, 0.05) is 0 Å². The number of nitrogen functional groups attached to an aromatic ring is 1. The molecule has 1 aromatic carbocycles. The molecule has 0 saturated carbocycles. The van der Waals surface area contributed by atoms with Gasteiger partial charge in [-0.2, -0.15) is 4.98 Å². The van der Waals surface area contributed by atoms with Crippen LogP contribution in [0.15, 0.2) is 28.9 Å². The summed E-state index contributed by atoms with van der Waals surface area (Å²) < 4.78 is 15.5. The number of anilines is 1. The third-order valence-electron chi connectivity index (χ3n) is 2.68. The molecule has 17 heavy (non-hydrogen) atoms. The lowest BCUT2D eigenvalue weighted by atomic mass is 10.1. The zero-order valence-electron chi connectivity index (χ0n) is 9.18. The maximum atomic E-state index is 5.41. The van der Waals surface area contributed by atoms with Crippen LogP contribution in [-0.2, 0) is 12.8 Å². The Kier molecular flexibility index (Phi) is 2.36. The maximum absolute atomic E-state index is 5.41. The van der Waals surface area contributed by atoms with Crippen molar-refractivity contribution in [2.24, 2.45) is 0 Å². The van der Waals surface area contributed by atoms with E-state index in [-0.39, 0.29) is 6.01 Å². The quantitative estimate of drug-likeness (QED) is 0.873. The maximum Gasteiger partial charge on any atom is 0.292 e. The number of rotatable bonds is 3. The molecule has 1 aromatic heterocycles. The summed E-state index contributed by atoms with van der Waals surface area (Å²) in [5.74, 6) is 1.61. The number of fused-ring (bicyclic) bond motifs is 1. The van der Waals surface area contributed by atoms with Gasteiger partial charge in [-0.25, -0.2) is 0 Å².